The van der Waals surface area contributed by atoms with Crippen LogP contribution in [-0.4, -0.2) is 39.4 Å². The van der Waals surface area contributed by atoms with Gasteiger partial charge < -0.3 is 19.9 Å². The lowest BCUT2D eigenvalue weighted by molar-refractivity contribution is -0.0690. The molecule has 2 amide bonds. The fraction of sp³-hybridized carbons (Fsp3) is 0.714. The van der Waals surface area contributed by atoms with Crippen LogP contribution in [0.15, 0.2) is 18.7 Å². The van der Waals surface area contributed by atoms with E-state index in [9.17, 15) is 4.79 Å². The van der Waals surface area contributed by atoms with Crippen molar-refractivity contribution in [2.75, 3.05) is 6.54 Å². The number of imidazole rings is 1. The summed E-state index contributed by atoms with van der Waals surface area (Å²) >= 11 is 0. The second-order valence-corrected chi connectivity index (χ2v) is 6.42. The van der Waals surface area contributed by atoms with Crippen molar-refractivity contribution in [2.24, 2.45) is 0 Å². The number of carbonyl (C=O) groups is 1. The lowest BCUT2D eigenvalue weighted by Crippen LogP contribution is -2.50. The third kappa shape index (κ3) is 3.72. The molecule has 0 saturated carbocycles. The van der Waals surface area contributed by atoms with Crippen molar-refractivity contribution in [3.63, 3.8) is 0 Å². The van der Waals surface area contributed by atoms with E-state index >= 15 is 0 Å². The molecule has 1 atom stereocenters. The van der Waals surface area contributed by atoms with Crippen LogP contribution < -0.4 is 10.6 Å². The molecule has 1 fully saturated rings. The van der Waals surface area contributed by atoms with Crippen LogP contribution in [0, 0.1) is 0 Å². The summed E-state index contributed by atoms with van der Waals surface area (Å²) in [6.45, 7) is 9.40. The maximum Gasteiger partial charge on any atom is 0.315 e. The maximum absolute atomic E-state index is 11.9. The molecule has 1 saturated heterocycles. The normalized spacial score (nSPS) is 23.5. The Morgan fingerprint density at radius 3 is 2.75 bits per heavy atom. The van der Waals surface area contributed by atoms with Crippen molar-refractivity contribution in [3.8, 4) is 0 Å². The molecule has 112 valence electrons. The van der Waals surface area contributed by atoms with E-state index in [4.69, 9.17) is 4.74 Å². The Labute approximate surface area is 119 Å². The van der Waals surface area contributed by atoms with Gasteiger partial charge in [0, 0.05) is 25.5 Å². The van der Waals surface area contributed by atoms with Crippen molar-refractivity contribution in [2.45, 2.75) is 57.9 Å². The predicted octanol–water partition coefficient (Wildman–Crippen LogP) is 1.53. The molecule has 0 aliphatic carbocycles. The van der Waals surface area contributed by atoms with Gasteiger partial charge in [0.25, 0.3) is 0 Å². The van der Waals surface area contributed by atoms with E-state index in [-0.39, 0.29) is 23.3 Å². The highest BCUT2D eigenvalue weighted by Crippen LogP contribution is 2.37. The minimum Gasteiger partial charge on any atom is -0.367 e. The van der Waals surface area contributed by atoms with Gasteiger partial charge in [-0.1, -0.05) is 0 Å². The van der Waals surface area contributed by atoms with Crippen LogP contribution in [0.1, 0.15) is 34.1 Å². The number of carbonyl (C=O) groups excluding carboxylic acids is 1. The van der Waals surface area contributed by atoms with E-state index in [1.807, 2.05) is 38.5 Å². The average Bonchev–Trinajstić information content (AvgIpc) is 2.85. The summed E-state index contributed by atoms with van der Waals surface area (Å²) in [6.07, 6.45) is 6.14. The van der Waals surface area contributed by atoms with Crippen molar-refractivity contribution in [1.82, 2.24) is 20.2 Å². The van der Waals surface area contributed by atoms with Crippen molar-refractivity contribution < 1.29 is 9.53 Å². The Morgan fingerprint density at radius 1 is 1.45 bits per heavy atom. The molecule has 1 aliphatic rings. The number of aromatic nitrogens is 2. The molecule has 6 nitrogen and oxygen atoms in total. The third-order valence-electron chi connectivity index (χ3n) is 3.59. The zero-order valence-electron chi connectivity index (χ0n) is 12.6. The van der Waals surface area contributed by atoms with Gasteiger partial charge in [-0.3, -0.25) is 0 Å². The second kappa shape index (κ2) is 5.44. The quantitative estimate of drug-likeness (QED) is 0.879. The van der Waals surface area contributed by atoms with Gasteiger partial charge in [-0.15, -0.1) is 0 Å². The highest BCUT2D eigenvalue weighted by Gasteiger charge is 2.46. The van der Waals surface area contributed by atoms with Crippen LogP contribution in [0.2, 0.25) is 0 Å². The van der Waals surface area contributed by atoms with Gasteiger partial charge in [0.15, 0.2) is 0 Å². The fourth-order valence-electron chi connectivity index (χ4n) is 2.71. The highest BCUT2D eigenvalue weighted by atomic mass is 16.5. The van der Waals surface area contributed by atoms with Crippen LogP contribution in [0.25, 0.3) is 0 Å². The lowest BCUT2D eigenvalue weighted by Gasteiger charge is -2.27. The Hall–Kier alpha value is -1.56. The molecular weight excluding hydrogens is 256 g/mol. The molecule has 2 rings (SSSR count). The molecule has 0 spiro atoms. The Morgan fingerprint density at radius 2 is 2.20 bits per heavy atom. The average molecular weight is 280 g/mol. The number of nitrogens with zero attached hydrogens (tertiary/aromatic N) is 2. The number of amides is 2. The maximum atomic E-state index is 11.9. The summed E-state index contributed by atoms with van der Waals surface area (Å²) in [6, 6.07) is -0.129. The SMILES string of the molecule is CC1(C)CC(NC(=O)NCCn2ccnc2)C(C)(C)O1. The largest absolute Gasteiger partial charge is 0.367 e. The summed E-state index contributed by atoms with van der Waals surface area (Å²) in [5.41, 5.74) is -0.538. The zero-order chi connectivity index (χ0) is 14.8. The smallest absolute Gasteiger partial charge is 0.315 e. The predicted molar refractivity (Wildman–Crippen MR) is 76.4 cm³/mol. The van der Waals surface area contributed by atoms with E-state index in [1.165, 1.54) is 0 Å². The molecule has 1 unspecified atom stereocenters. The first-order valence-corrected chi connectivity index (χ1v) is 6.99. The van der Waals surface area contributed by atoms with Gasteiger partial charge in [0.2, 0.25) is 0 Å². The minimum absolute atomic E-state index is 0.0192. The van der Waals surface area contributed by atoms with Crippen LogP contribution in [0.4, 0.5) is 4.79 Å². The zero-order valence-corrected chi connectivity index (χ0v) is 12.6. The Balaban J connectivity index is 1.77. The summed E-state index contributed by atoms with van der Waals surface area (Å²) in [5, 5.41) is 5.86. The Bertz CT molecular complexity index is 454. The van der Waals surface area contributed by atoms with E-state index in [2.05, 4.69) is 15.6 Å². The monoisotopic (exact) mass is 280 g/mol. The molecule has 6 heteroatoms. The van der Waals surface area contributed by atoms with Crippen molar-refractivity contribution in [3.05, 3.63) is 18.7 Å². The molecule has 2 N–H and O–H groups in total. The first kappa shape index (κ1) is 14.8. The molecule has 1 aromatic heterocycles. The summed E-state index contributed by atoms with van der Waals surface area (Å²) in [4.78, 5) is 15.9. The molecule has 0 aromatic carbocycles. The molecular formula is C14H24N4O2. The van der Waals surface area contributed by atoms with Crippen LogP contribution in [0.5, 0.6) is 0 Å². The number of rotatable bonds is 4. The second-order valence-electron chi connectivity index (χ2n) is 6.42. The van der Waals surface area contributed by atoms with Gasteiger partial charge in [-0.2, -0.15) is 0 Å². The van der Waals surface area contributed by atoms with E-state index in [1.54, 1.807) is 12.5 Å². The number of ether oxygens (including phenoxy) is 1. The standard InChI is InChI=1S/C14H24N4O2/c1-13(2)9-11(14(3,4)20-13)17-12(19)16-6-8-18-7-5-15-10-18/h5,7,10-11H,6,8-9H2,1-4H3,(H2,16,17,19). The summed E-state index contributed by atoms with van der Waals surface area (Å²) < 4.78 is 7.88. The molecule has 1 aromatic rings. The van der Waals surface area contributed by atoms with Gasteiger partial charge in [0.1, 0.15) is 0 Å². The Kier molecular flexibility index (Phi) is 4.04. The molecule has 0 bridgehead atoms. The van der Waals surface area contributed by atoms with E-state index in [0.717, 1.165) is 6.42 Å². The summed E-state index contributed by atoms with van der Waals surface area (Å²) in [7, 11) is 0. The van der Waals surface area contributed by atoms with E-state index in [0.29, 0.717) is 13.1 Å². The van der Waals surface area contributed by atoms with E-state index < -0.39 is 0 Å². The van der Waals surface area contributed by atoms with Crippen LogP contribution >= 0.6 is 0 Å². The van der Waals surface area contributed by atoms with Crippen LogP contribution in [-0.2, 0) is 11.3 Å². The molecule has 20 heavy (non-hydrogen) atoms. The number of hydrogen-bond acceptors (Lipinski definition) is 3. The minimum atomic E-state index is -0.342. The number of nitrogens with one attached hydrogen (secondary N) is 2. The van der Waals surface area contributed by atoms with Gasteiger partial charge in [0.05, 0.1) is 23.6 Å². The van der Waals surface area contributed by atoms with Gasteiger partial charge in [-0.05, 0) is 34.1 Å². The fourth-order valence-corrected chi connectivity index (χ4v) is 2.71. The number of urea groups is 1. The third-order valence-corrected chi connectivity index (χ3v) is 3.59. The molecule has 0 radical (unpaired) electrons. The van der Waals surface area contributed by atoms with Gasteiger partial charge >= 0.3 is 6.03 Å². The summed E-state index contributed by atoms with van der Waals surface area (Å²) in [5.74, 6) is 0. The van der Waals surface area contributed by atoms with Gasteiger partial charge in [-0.25, -0.2) is 9.78 Å². The van der Waals surface area contributed by atoms with Crippen LogP contribution in [0.3, 0.4) is 0 Å². The molecule has 1 aliphatic heterocycles. The lowest BCUT2D eigenvalue weighted by atomic mass is 9.95. The first-order chi connectivity index (χ1) is 9.28. The topological polar surface area (TPSA) is 68.2 Å². The van der Waals surface area contributed by atoms with Crippen molar-refractivity contribution >= 4 is 6.03 Å². The van der Waals surface area contributed by atoms with Crippen molar-refractivity contribution in [1.29, 1.82) is 0 Å². The number of hydrogen-bond donors (Lipinski definition) is 2. The molecule has 2 heterocycles. The first-order valence-electron chi connectivity index (χ1n) is 6.99. The highest BCUT2D eigenvalue weighted by molar-refractivity contribution is 5.74.